The summed E-state index contributed by atoms with van der Waals surface area (Å²) in [5.41, 5.74) is 0.655. The van der Waals surface area contributed by atoms with E-state index in [1.165, 1.54) is 0 Å². The Balaban J connectivity index is 2.05. The van der Waals surface area contributed by atoms with Gasteiger partial charge >= 0.3 is 0 Å². The average molecular weight is 358 g/mol. The van der Waals surface area contributed by atoms with Gasteiger partial charge in [-0.3, -0.25) is 9.59 Å². The van der Waals surface area contributed by atoms with Gasteiger partial charge in [0.05, 0.1) is 6.61 Å². The molecule has 2 rings (SSSR count). The van der Waals surface area contributed by atoms with Gasteiger partial charge in [-0.25, -0.2) is 0 Å². The lowest BCUT2D eigenvalue weighted by Gasteiger charge is -2.10. The van der Waals surface area contributed by atoms with E-state index in [9.17, 15) is 9.59 Å². The molecule has 7 nitrogen and oxygen atoms in total. The molecule has 1 heterocycles. The Bertz CT molecular complexity index is 788. The normalized spacial score (nSPS) is 11.8. The molecule has 0 saturated carbocycles. The first-order valence-corrected chi connectivity index (χ1v) is 9.02. The second-order valence-electron chi connectivity index (χ2n) is 6.20. The number of amides is 1. The molecule has 1 aromatic heterocycles. The summed E-state index contributed by atoms with van der Waals surface area (Å²) in [6.45, 7) is 6.61. The molecule has 0 bridgehead atoms. The first-order chi connectivity index (χ1) is 12.5. The van der Waals surface area contributed by atoms with Crippen molar-refractivity contribution in [2.24, 2.45) is 0 Å². The van der Waals surface area contributed by atoms with Crippen molar-refractivity contribution in [2.45, 2.75) is 52.5 Å². The van der Waals surface area contributed by atoms with Crippen molar-refractivity contribution in [2.75, 3.05) is 6.61 Å². The van der Waals surface area contributed by atoms with E-state index in [0.29, 0.717) is 12.4 Å². The first kappa shape index (κ1) is 19.6. The van der Waals surface area contributed by atoms with E-state index in [1.54, 1.807) is 0 Å². The van der Waals surface area contributed by atoms with Crippen LogP contribution in [-0.2, 0) is 11.2 Å². The first-order valence-electron chi connectivity index (χ1n) is 9.02. The Morgan fingerprint density at radius 1 is 1.31 bits per heavy atom. The summed E-state index contributed by atoms with van der Waals surface area (Å²) >= 11 is 0. The molecule has 0 saturated heterocycles. The topological polar surface area (TPSA) is 97.0 Å². The minimum absolute atomic E-state index is 0.0922. The van der Waals surface area contributed by atoms with Crippen LogP contribution in [0.5, 0.6) is 5.75 Å². The minimum atomic E-state index is -0.328. The number of nitrogens with one attached hydrogen (secondary N) is 2. The molecule has 1 atom stereocenters. The number of hydrogen-bond donors (Lipinski definition) is 2. The molecule has 140 valence electrons. The summed E-state index contributed by atoms with van der Waals surface area (Å²) in [4.78, 5) is 26.8. The Morgan fingerprint density at radius 2 is 2.12 bits per heavy atom. The Kier molecular flexibility index (Phi) is 7.32. The summed E-state index contributed by atoms with van der Waals surface area (Å²) in [6, 6.07) is 7.46. The molecule has 0 aliphatic heterocycles. The molecule has 2 aromatic rings. The summed E-state index contributed by atoms with van der Waals surface area (Å²) in [5, 5.41) is 11.0. The number of H-pyrrole nitrogens is 1. The van der Waals surface area contributed by atoms with Crippen molar-refractivity contribution in [1.29, 1.82) is 0 Å². The summed E-state index contributed by atoms with van der Waals surface area (Å²) in [7, 11) is 0. The second-order valence-corrected chi connectivity index (χ2v) is 6.20. The zero-order chi connectivity index (χ0) is 18.9. The Hall–Kier alpha value is -2.70. The van der Waals surface area contributed by atoms with E-state index in [4.69, 9.17) is 4.74 Å². The smallest absolute Gasteiger partial charge is 0.273 e. The van der Waals surface area contributed by atoms with Crippen LogP contribution in [0.3, 0.4) is 0 Å². The number of aryl methyl sites for hydroxylation is 1. The average Bonchev–Trinajstić information content (AvgIpc) is 2.65. The fraction of sp³-hybridized carbons (Fsp3) is 0.474. The van der Waals surface area contributed by atoms with E-state index < -0.39 is 0 Å². The van der Waals surface area contributed by atoms with E-state index in [1.807, 2.05) is 45.0 Å². The molecule has 0 aliphatic rings. The molecule has 26 heavy (non-hydrogen) atoms. The second kappa shape index (κ2) is 9.70. The molecule has 2 N–H and O–H groups in total. The SMILES string of the molecule is CCCOc1cccc(-c2nnc(CCC(=O)NC(C)CC)c(=O)[nH]2)c1. The molecule has 0 aliphatic carbocycles. The van der Waals surface area contributed by atoms with E-state index in [2.05, 4.69) is 20.5 Å². The fourth-order valence-corrected chi connectivity index (χ4v) is 2.29. The largest absolute Gasteiger partial charge is 0.494 e. The highest BCUT2D eigenvalue weighted by Gasteiger charge is 2.11. The van der Waals surface area contributed by atoms with Gasteiger partial charge in [0, 0.05) is 24.4 Å². The zero-order valence-electron chi connectivity index (χ0n) is 15.5. The van der Waals surface area contributed by atoms with Crippen LogP contribution in [0, 0.1) is 0 Å². The van der Waals surface area contributed by atoms with Crippen molar-refractivity contribution in [1.82, 2.24) is 20.5 Å². The van der Waals surface area contributed by atoms with Crippen LogP contribution in [-0.4, -0.2) is 33.7 Å². The number of rotatable bonds is 9. The van der Waals surface area contributed by atoms with Gasteiger partial charge < -0.3 is 15.0 Å². The third-order valence-corrected chi connectivity index (χ3v) is 3.95. The van der Waals surface area contributed by atoms with Gasteiger partial charge in [-0.05, 0) is 31.9 Å². The Labute approximate surface area is 153 Å². The highest BCUT2D eigenvalue weighted by molar-refractivity contribution is 5.76. The van der Waals surface area contributed by atoms with E-state index in [-0.39, 0.29) is 36.0 Å². The van der Waals surface area contributed by atoms with E-state index in [0.717, 1.165) is 24.2 Å². The third-order valence-electron chi connectivity index (χ3n) is 3.95. The molecule has 0 fully saturated rings. The number of carbonyl (C=O) groups is 1. The van der Waals surface area contributed by atoms with Crippen molar-refractivity contribution in [3.05, 3.63) is 40.3 Å². The van der Waals surface area contributed by atoms with Crippen molar-refractivity contribution >= 4 is 5.91 Å². The maximum atomic E-state index is 12.2. The maximum absolute atomic E-state index is 12.2. The van der Waals surface area contributed by atoms with Crippen LogP contribution in [0.15, 0.2) is 29.1 Å². The molecular formula is C19H26N4O3. The number of nitrogens with zero attached hydrogens (tertiary/aromatic N) is 2. The van der Waals surface area contributed by atoms with Gasteiger partial charge in [-0.2, -0.15) is 0 Å². The molecule has 7 heteroatoms. The standard InChI is InChI=1S/C19H26N4O3/c1-4-11-26-15-8-6-7-14(12-15)18-21-19(25)16(22-23-18)9-10-17(24)20-13(3)5-2/h6-8,12-13H,4-5,9-11H2,1-3H3,(H,20,24)(H,21,23,25). The van der Waals surface area contributed by atoms with Gasteiger partial charge in [0.2, 0.25) is 5.91 Å². The minimum Gasteiger partial charge on any atom is -0.494 e. The number of carbonyl (C=O) groups excluding carboxylic acids is 1. The third kappa shape index (κ3) is 5.68. The Morgan fingerprint density at radius 3 is 2.81 bits per heavy atom. The quantitative estimate of drug-likeness (QED) is 0.718. The van der Waals surface area contributed by atoms with E-state index >= 15 is 0 Å². The van der Waals surface area contributed by atoms with Gasteiger partial charge in [0.15, 0.2) is 5.82 Å². The van der Waals surface area contributed by atoms with Crippen LogP contribution in [0.25, 0.3) is 11.4 Å². The highest BCUT2D eigenvalue weighted by atomic mass is 16.5. The number of aromatic nitrogens is 3. The molecule has 0 radical (unpaired) electrons. The number of hydrogen-bond acceptors (Lipinski definition) is 5. The van der Waals surface area contributed by atoms with Gasteiger partial charge in [-0.15, -0.1) is 10.2 Å². The van der Waals surface area contributed by atoms with Crippen molar-refractivity contribution < 1.29 is 9.53 Å². The van der Waals surface area contributed by atoms with Crippen molar-refractivity contribution in [3.8, 4) is 17.1 Å². The lowest BCUT2D eigenvalue weighted by molar-refractivity contribution is -0.121. The number of ether oxygens (including phenoxy) is 1. The number of benzene rings is 1. The highest BCUT2D eigenvalue weighted by Crippen LogP contribution is 2.20. The van der Waals surface area contributed by atoms with Crippen LogP contribution in [0.1, 0.15) is 45.7 Å². The zero-order valence-corrected chi connectivity index (χ0v) is 15.5. The van der Waals surface area contributed by atoms with Crippen molar-refractivity contribution in [3.63, 3.8) is 0 Å². The van der Waals surface area contributed by atoms with Gasteiger partial charge in [0.1, 0.15) is 11.4 Å². The molecular weight excluding hydrogens is 332 g/mol. The summed E-state index contributed by atoms with van der Waals surface area (Å²) in [5.74, 6) is 1.01. The van der Waals surface area contributed by atoms with Crippen LogP contribution in [0.4, 0.5) is 0 Å². The van der Waals surface area contributed by atoms with Crippen LogP contribution in [0.2, 0.25) is 0 Å². The van der Waals surface area contributed by atoms with Crippen LogP contribution < -0.4 is 15.6 Å². The number of aromatic amines is 1. The maximum Gasteiger partial charge on any atom is 0.273 e. The molecule has 1 unspecified atom stereocenters. The predicted molar refractivity (Wildman–Crippen MR) is 100 cm³/mol. The lowest BCUT2D eigenvalue weighted by Crippen LogP contribution is -2.32. The summed E-state index contributed by atoms with van der Waals surface area (Å²) in [6.07, 6.45) is 2.24. The fourth-order valence-electron chi connectivity index (χ4n) is 2.29. The monoisotopic (exact) mass is 358 g/mol. The lowest BCUT2D eigenvalue weighted by atomic mass is 10.2. The van der Waals surface area contributed by atoms with Gasteiger partial charge in [-0.1, -0.05) is 26.0 Å². The molecule has 1 aromatic carbocycles. The van der Waals surface area contributed by atoms with Crippen LogP contribution >= 0.6 is 0 Å². The predicted octanol–water partition coefficient (Wildman–Crippen LogP) is 2.47. The molecule has 0 spiro atoms. The summed E-state index contributed by atoms with van der Waals surface area (Å²) < 4.78 is 5.59. The van der Waals surface area contributed by atoms with Gasteiger partial charge in [0.25, 0.3) is 5.56 Å². The molecule has 1 amide bonds.